The molecule has 2 aromatic carbocycles. The Morgan fingerprint density at radius 3 is 2.70 bits per heavy atom. The monoisotopic (exact) mass is 305 g/mol. The molecule has 0 saturated heterocycles. The Hall–Kier alpha value is -1.02. The van der Waals surface area contributed by atoms with Crippen LogP contribution in [0.25, 0.3) is 0 Å². The number of hydrogen-bond acceptors (Lipinski definition) is 1. The molecule has 0 aliphatic heterocycles. The first-order chi connectivity index (χ1) is 9.64. The normalized spacial score (nSPS) is 20.9. The Labute approximate surface area is 129 Å². The lowest BCUT2D eigenvalue weighted by atomic mass is 9.76. The Morgan fingerprint density at radius 2 is 1.90 bits per heavy atom. The molecule has 0 amide bonds. The maximum Gasteiger partial charge on any atom is 0.0439 e. The molecule has 2 N–H and O–H groups in total. The van der Waals surface area contributed by atoms with E-state index in [2.05, 4.69) is 24.3 Å². The van der Waals surface area contributed by atoms with E-state index in [-0.39, 0.29) is 5.41 Å². The minimum Gasteiger partial charge on any atom is -0.330 e. The average molecular weight is 306 g/mol. The van der Waals surface area contributed by atoms with Gasteiger partial charge in [-0.05, 0) is 54.2 Å². The van der Waals surface area contributed by atoms with Crippen LogP contribution in [0.1, 0.15) is 23.1 Å². The fourth-order valence-corrected chi connectivity index (χ4v) is 3.65. The van der Waals surface area contributed by atoms with Gasteiger partial charge in [0, 0.05) is 22.0 Å². The first-order valence-corrected chi connectivity index (χ1v) is 7.63. The second kappa shape index (κ2) is 5.40. The van der Waals surface area contributed by atoms with E-state index in [0.29, 0.717) is 6.54 Å². The third-order valence-corrected chi connectivity index (χ3v) is 4.99. The first kappa shape index (κ1) is 13.9. The number of benzene rings is 2. The zero-order valence-electron chi connectivity index (χ0n) is 11.2. The highest BCUT2D eigenvalue weighted by atomic mass is 35.5. The van der Waals surface area contributed by atoms with Crippen molar-refractivity contribution in [3.63, 3.8) is 0 Å². The van der Waals surface area contributed by atoms with Crippen molar-refractivity contribution in [2.24, 2.45) is 5.73 Å². The number of aryl methyl sites for hydroxylation is 1. The summed E-state index contributed by atoms with van der Waals surface area (Å²) < 4.78 is 0. The van der Waals surface area contributed by atoms with Gasteiger partial charge in [0.25, 0.3) is 0 Å². The van der Waals surface area contributed by atoms with Crippen molar-refractivity contribution in [2.45, 2.75) is 24.7 Å². The highest BCUT2D eigenvalue weighted by Crippen LogP contribution is 2.42. The predicted octanol–water partition coefficient (Wildman–Crippen LogP) is 4.38. The van der Waals surface area contributed by atoms with Gasteiger partial charge in [0.15, 0.2) is 0 Å². The Morgan fingerprint density at radius 1 is 1.10 bits per heavy atom. The fourth-order valence-electron chi connectivity index (χ4n) is 3.28. The third-order valence-electron chi connectivity index (χ3n) is 4.39. The molecule has 0 heterocycles. The average Bonchev–Trinajstić information content (AvgIpc) is 2.83. The van der Waals surface area contributed by atoms with Crippen molar-refractivity contribution in [1.29, 1.82) is 0 Å². The SMILES string of the molecule is NCC1(Cc2cc(Cl)ccc2Cl)CCc2ccccc21. The van der Waals surface area contributed by atoms with E-state index in [1.54, 1.807) is 0 Å². The summed E-state index contributed by atoms with van der Waals surface area (Å²) in [6.45, 7) is 0.632. The van der Waals surface area contributed by atoms with Crippen molar-refractivity contribution in [3.8, 4) is 0 Å². The summed E-state index contributed by atoms with van der Waals surface area (Å²) in [6.07, 6.45) is 3.01. The maximum atomic E-state index is 6.32. The summed E-state index contributed by atoms with van der Waals surface area (Å²) in [7, 11) is 0. The van der Waals surface area contributed by atoms with Crippen LogP contribution in [-0.4, -0.2) is 6.54 Å². The van der Waals surface area contributed by atoms with Gasteiger partial charge < -0.3 is 5.73 Å². The molecule has 0 fully saturated rings. The van der Waals surface area contributed by atoms with Crippen molar-refractivity contribution in [2.75, 3.05) is 6.54 Å². The van der Waals surface area contributed by atoms with E-state index in [1.807, 2.05) is 18.2 Å². The third kappa shape index (κ3) is 2.35. The van der Waals surface area contributed by atoms with Gasteiger partial charge in [0.2, 0.25) is 0 Å². The number of hydrogen-bond donors (Lipinski definition) is 1. The second-order valence-electron chi connectivity index (χ2n) is 5.55. The maximum absolute atomic E-state index is 6.32. The largest absolute Gasteiger partial charge is 0.330 e. The molecule has 1 aliphatic rings. The minimum absolute atomic E-state index is 0.00901. The second-order valence-corrected chi connectivity index (χ2v) is 6.40. The molecular weight excluding hydrogens is 289 g/mol. The van der Waals surface area contributed by atoms with E-state index >= 15 is 0 Å². The summed E-state index contributed by atoms with van der Waals surface area (Å²) in [6, 6.07) is 14.2. The topological polar surface area (TPSA) is 26.0 Å². The summed E-state index contributed by atoms with van der Waals surface area (Å²) in [4.78, 5) is 0. The molecule has 3 heteroatoms. The van der Waals surface area contributed by atoms with Gasteiger partial charge in [-0.15, -0.1) is 0 Å². The van der Waals surface area contributed by atoms with E-state index in [1.165, 1.54) is 11.1 Å². The quantitative estimate of drug-likeness (QED) is 0.895. The van der Waals surface area contributed by atoms with Crippen LogP contribution in [0.4, 0.5) is 0 Å². The van der Waals surface area contributed by atoms with Gasteiger partial charge >= 0.3 is 0 Å². The molecule has 1 atom stereocenters. The lowest BCUT2D eigenvalue weighted by Crippen LogP contribution is -2.35. The molecule has 0 radical (unpaired) electrons. The zero-order chi connectivity index (χ0) is 14.2. The van der Waals surface area contributed by atoms with Crippen molar-refractivity contribution in [1.82, 2.24) is 0 Å². The summed E-state index contributed by atoms with van der Waals surface area (Å²) >= 11 is 12.4. The first-order valence-electron chi connectivity index (χ1n) is 6.87. The van der Waals surface area contributed by atoms with Crippen molar-refractivity contribution >= 4 is 23.2 Å². The number of halogens is 2. The van der Waals surface area contributed by atoms with Crippen LogP contribution in [0.2, 0.25) is 10.0 Å². The smallest absolute Gasteiger partial charge is 0.0439 e. The Balaban J connectivity index is 2.02. The molecule has 1 nitrogen and oxygen atoms in total. The van der Waals surface area contributed by atoms with E-state index < -0.39 is 0 Å². The van der Waals surface area contributed by atoms with Gasteiger partial charge in [-0.3, -0.25) is 0 Å². The molecule has 0 aromatic heterocycles. The molecule has 20 heavy (non-hydrogen) atoms. The number of nitrogens with two attached hydrogens (primary N) is 1. The van der Waals surface area contributed by atoms with Crippen LogP contribution < -0.4 is 5.73 Å². The van der Waals surface area contributed by atoms with Crippen molar-refractivity contribution in [3.05, 3.63) is 69.2 Å². The number of rotatable bonds is 3. The van der Waals surface area contributed by atoms with Crippen LogP contribution in [0, 0.1) is 0 Å². The highest BCUT2D eigenvalue weighted by molar-refractivity contribution is 6.33. The molecule has 0 spiro atoms. The molecule has 3 rings (SSSR count). The van der Waals surface area contributed by atoms with Gasteiger partial charge in [0.1, 0.15) is 0 Å². The molecule has 1 aliphatic carbocycles. The molecule has 2 aromatic rings. The van der Waals surface area contributed by atoms with Crippen LogP contribution >= 0.6 is 23.2 Å². The van der Waals surface area contributed by atoms with E-state index in [0.717, 1.165) is 34.9 Å². The van der Waals surface area contributed by atoms with Gasteiger partial charge in [0.05, 0.1) is 0 Å². The summed E-state index contributed by atoms with van der Waals surface area (Å²) in [5, 5.41) is 1.49. The molecule has 104 valence electrons. The number of fused-ring (bicyclic) bond motifs is 1. The van der Waals surface area contributed by atoms with Crippen molar-refractivity contribution < 1.29 is 0 Å². The molecular formula is C17H17Cl2N. The lowest BCUT2D eigenvalue weighted by molar-refractivity contribution is 0.432. The predicted molar refractivity (Wildman–Crippen MR) is 85.7 cm³/mol. The van der Waals surface area contributed by atoms with Crippen LogP contribution in [-0.2, 0) is 18.3 Å². The molecule has 0 saturated carbocycles. The standard InChI is InChI=1S/C17H17Cl2N/c18-14-5-6-16(19)13(9-14)10-17(11-20)8-7-12-3-1-2-4-15(12)17/h1-6,9H,7-8,10-11,20H2. The zero-order valence-corrected chi connectivity index (χ0v) is 12.7. The van der Waals surface area contributed by atoms with Crippen LogP contribution in [0.15, 0.2) is 42.5 Å². The van der Waals surface area contributed by atoms with E-state index in [4.69, 9.17) is 28.9 Å². The van der Waals surface area contributed by atoms with Crippen LogP contribution in [0.5, 0.6) is 0 Å². The summed E-state index contributed by atoms with van der Waals surface area (Å²) in [5.74, 6) is 0. The Bertz CT molecular complexity index is 639. The molecule has 0 bridgehead atoms. The highest BCUT2D eigenvalue weighted by Gasteiger charge is 2.37. The fraction of sp³-hybridized carbons (Fsp3) is 0.294. The van der Waals surface area contributed by atoms with Gasteiger partial charge in [-0.25, -0.2) is 0 Å². The van der Waals surface area contributed by atoms with Crippen LogP contribution in [0.3, 0.4) is 0 Å². The lowest BCUT2D eigenvalue weighted by Gasteiger charge is -2.29. The van der Waals surface area contributed by atoms with Gasteiger partial charge in [-0.1, -0.05) is 47.5 Å². The van der Waals surface area contributed by atoms with Gasteiger partial charge in [-0.2, -0.15) is 0 Å². The summed E-state index contributed by atoms with van der Waals surface area (Å²) in [5.41, 5.74) is 10.0. The molecule has 1 unspecified atom stereocenters. The minimum atomic E-state index is -0.00901. The Kier molecular flexibility index (Phi) is 3.76. The van der Waals surface area contributed by atoms with E-state index in [9.17, 15) is 0 Å².